The summed E-state index contributed by atoms with van der Waals surface area (Å²) in [4.78, 5) is 15.6. The Kier molecular flexibility index (Phi) is 5.59. The van der Waals surface area contributed by atoms with Gasteiger partial charge in [0.2, 0.25) is 5.91 Å². The Morgan fingerprint density at radius 2 is 1.89 bits per heavy atom. The van der Waals surface area contributed by atoms with Crippen LogP contribution in [-0.4, -0.2) is 68.9 Å². The van der Waals surface area contributed by atoms with Gasteiger partial charge in [-0.15, -0.1) is 0 Å². The van der Waals surface area contributed by atoms with E-state index >= 15 is 0 Å². The fourth-order valence-electron chi connectivity index (χ4n) is 2.20. The molecule has 1 saturated heterocycles. The van der Waals surface area contributed by atoms with Gasteiger partial charge in [0, 0.05) is 25.9 Å². The van der Waals surface area contributed by atoms with E-state index in [2.05, 4.69) is 11.8 Å². The van der Waals surface area contributed by atoms with E-state index in [9.17, 15) is 13.2 Å². The number of amides is 1. The van der Waals surface area contributed by atoms with E-state index in [-0.39, 0.29) is 11.7 Å². The van der Waals surface area contributed by atoms with E-state index in [0.29, 0.717) is 12.6 Å². The van der Waals surface area contributed by atoms with Crippen LogP contribution >= 0.6 is 0 Å². The minimum atomic E-state index is -3.22. The zero-order chi connectivity index (χ0) is 13.8. The van der Waals surface area contributed by atoms with E-state index in [4.69, 9.17) is 0 Å². The topological polar surface area (TPSA) is 57.7 Å². The lowest BCUT2D eigenvalue weighted by atomic mass is 10.2. The molecule has 1 aliphatic heterocycles. The number of hydrogen-bond acceptors (Lipinski definition) is 4. The summed E-state index contributed by atoms with van der Waals surface area (Å²) >= 11 is 0. The molecule has 1 fully saturated rings. The summed E-state index contributed by atoms with van der Waals surface area (Å²) in [6.45, 7) is 5.07. The molecular formula is C12H24N2O3S. The van der Waals surface area contributed by atoms with Crippen molar-refractivity contribution in [2.75, 3.05) is 38.7 Å². The number of hydrogen-bond donors (Lipinski definition) is 0. The molecule has 6 heteroatoms. The summed E-state index contributed by atoms with van der Waals surface area (Å²) < 4.78 is 22.1. The third kappa shape index (κ3) is 5.35. The van der Waals surface area contributed by atoms with Gasteiger partial charge in [-0.1, -0.05) is 0 Å². The summed E-state index contributed by atoms with van der Waals surface area (Å²) in [6.07, 6.45) is 4.50. The van der Waals surface area contributed by atoms with Gasteiger partial charge in [0.25, 0.3) is 0 Å². The van der Waals surface area contributed by atoms with Gasteiger partial charge in [0.1, 0.15) is 5.75 Å². The minimum absolute atomic E-state index is 0.314. The zero-order valence-corrected chi connectivity index (χ0v) is 12.4. The first kappa shape index (κ1) is 15.4. The van der Waals surface area contributed by atoms with Gasteiger partial charge in [-0.25, -0.2) is 8.42 Å². The van der Waals surface area contributed by atoms with Crippen LogP contribution in [0.25, 0.3) is 0 Å². The van der Waals surface area contributed by atoms with E-state index in [1.807, 2.05) is 0 Å². The Morgan fingerprint density at radius 3 is 2.39 bits per heavy atom. The van der Waals surface area contributed by atoms with Crippen molar-refractivity contribution < 1.29 is 13.2 Å². The quantitative estimate of drug-likeness (QED) is 0.703. The molecule has 0 aromatic rings. The maximum atomic E-state index is 11.6. The van der Waals surface area contributed by atoms with E-state index in [1.165, 1.54) is 17.7 Å². The van der Waals surface area contributed by atoms with E-state index < -0.39 is 9.84 Å². The van der Waals surface area contributed by atoms with Crippen LogP contribution in [0.3, 0.4) is 0 Å². The zero-order valence-electron chi connectivity index (χ0n) is 11.6. The molecule has 1 aliphatic rings. The fraction of sp³-hybridized carbons (Fsp3) is 0.917. The highest BCUT2D eigenvalue weighted by Gasteiger charge is 2.20. The molecule has 106 valence electrons. The van der Waals surface area contributed by atoms with Crippen LogP contribution in [0.4, 0.5) is 0 Å². The molecule has 18 heavy (non-hydrogen) atoms. The Morgan fingerprint density at radius 1 is 1.33 bits per heavy atom. The van der Waals surface area contributed by atoms with Crippen molar-refractivity contribution in [2.45, 2.75) is 32.2 Å². The Hall–Kier alpha value is -0.620. The van der Waals surface area contributed by atoms with Gasteiger partial charge >= 0.3 is 0 Å². The van der Waals surface area contributed by atoms with Crippen molar-refractivity contribution in [3.8, 4) is 0 Å². The lowest BCUT2D eigenvalue weighted by Gasteiger charge is -2.26. The van der Waals surface area contributed by atoms with Gasteiger partial charge < -0.3 is 9.80 Å². The van der Waals surface area contributed by atoms with Crippen molar-refractivity contribution in [2.24, 2.45) is 0 Å². The van der Waals surface area contributed by atoms with Crippen LogP contribution in [0.5, 0.6) is 0 Å². The van der Waals surface area contributed by atoms with Crippen LogP contribution < -0.4 is 0 Å². The molecular weight excluding hydrogens is 252 g/mol. The standard InChI is InChI=1S/C12H24N2O3S/c1-11(14-7-4-5-8-14)6-9-13(2)12(15)10-18(3,16)17/h11H,4-10H2,1-3H3. The second-order valence-corrected chi connectivity index (χ2v) is 7.41. The minimum Gasteiger partial charge on any atom is -0.345 e. The van der Waals surface area contributed by atoms with Crippen LogP contribution in [0, 0.1) is 0 Å². The Labute approximate surface area is 110 Å². The number of rotatable bonds is 6. The van der Waals surface area contributed by atoms with Gasteiger partial charge in [0.15, 0.2) is 9.84 Å². The summed E-state index contributed by atoms with van der Waals surface area (Å²) in [7, 11) is -1.55. The molecule has 0 bridgehead atoms. The summed E-state index contributed by atoms with van der Waals surface area (Å²) in [6, 6.07) is 0.459. The highest BCUT2D eigenvalue weighted by atomic mass is 32.2. The molecule has 0 aliphatic carbocycles. The van der Waals surface area contributed by atoms with Crippen LogP contribution in [0.2, 0.25) is 0 Å². The highest BCUT2D eigenvalue weighted by Crippen LogP contribution is 2.13. The van der Waals surface area contributed by atoms with Crippen molar-refractivity contribution in [1.29, 1.82) is 0 Å². The molecule has 0 aromatic heterocycles. The maximum Gasteiger partial charge on any atom is 0.237 e. The lowest BCUT2D eigenvalue weighted by Crippen LogP contribution is -2.37. The predicted octanol–water partition coefficient (Wildman–Crippen LogP) is 0.364. The first-order valence-corrected chi connectivity index (χ1v) is 8.51. The summed E-state index contributed by atoms with van der Waals surface area (Å²) in [5.74, 6) is -0.701. The largest absolute Gasteiger partial charge is 0.345 e. The van der Waals surface area contributed by atoms with Crippen LogP contribution in [0.1, 0.15) is 26.2 Å². The number of carbonyl (C=O) groups excluding carboxylic acids is 1. The monoisotopic (exact) mass is 276 g/mol. The molecule has 1 amide bonds. The van der Waals surface area contributed by atoms with Gasteiger partial charge in [-0.3, -0.25) is 4.79 Å². The van der Waals surface area contributed by atoms with Crippen LogP contribution in [-0.2, 0) is 14.6 Å². The molecule has 1 heterocycles. The molecule has 0 N–H and O–H groups in total. The molecule has 1 unspecified atom stereocenters. The van der Waals surface area contributed by atoms with E-state index in [0.717, 1.165) is 25.8 Å². The van der Waals surface area contributed by atoms with Gasteiger partial charge in [0.05, 0.1) is 0 Å². The average molecular weight is 276 g/mol. The molecule has 0 radical (unpaired) electrons. The third-order valence-corrected chi connectivity index (χ3v) is 4.23. The average Bonchev–Trinajstić information content (AvgIpc) is 2.76. The van der Waals surface area contributed by atoms with E-state index in [1.54, 1.807) is 7.05 Å². The number of nitrogens with zero attached hydrogens (tertiary/aromatic N) is 2. The number of sulfone groups is 1. The van der Waals surface area contributed by atoms with Crippen LogP contribution in [0.15, 0.2) is 0 Å². The summed E-state index contributed by atoms with van der Waals surface area (Å²) in [5.41, 5.74) is 0. The molecule has 0 spiro atoms. The normalized spacial score (nSPS) is 18.8. The van der Waals surface area contributed by atoms with Crippen molar-refractivity contribution in [3.05, 3.63) is 0 Å². The Balaban J connectivity index is 2.31. The molecule has 1 atom stereocenters. The second kappa shape index (κ2) is 6.52. The Bertz CT molecular complexity index is 375. The number of likely N-dealkylation sites (tertiary alicyclic amines) is 1. The fourth-order valence-corrected chi connectivity index (χ4v) is 2.87. The summed E-state index contributed by atoms with van der Waals surface area (Å²) in [5, 5.41) is 0. The van der Waals surface area contributed by atoms with Crippen molar-refractivity contribution in [1.82, 2.24) is 9.80 Å². The second-order valence-electron chi connectivity index (χ2n) is 5.27. The van der Waals surface area contributed by atoms with Gasteiger partial charge in [-0.2, -0.15) is 0 Å². The SMILES string of the molecule is CC(CCN(C)C(=O)CS(C)(=O)=O)N1CCCC1. The predicted molar refractivity (Wildman–Crippen MR) is 72.2 cm³/mol. The third-order valence-electron chi connectivity index (χ3n) is 3.46. The molecule has 0 aromatic carbocycles. The first-order valence-electron chi connectivity index (χ1n) is 6.45. The molecule has 5 nitrogen and oxygen atoms in total. The first-order chi connectivity index (χ1) is 8.29. The number of carbonyl (C=O) groups is 1. The smallest absolute Gasteiger partial charge is 0.237 e. The molecule has 0 saturated carbocycles. The van der Waals surface area contributed by atoms with Crippen molar-refractivity contribution in [3.63, 3.8) is 0 Å². The van der Waals surface area contributed by atoms with Gasteiger partial charge in [-0.05, 0) is 39.3 Å². The highest BCUT2D eigenvalue weighted by molar-refractivity contribution is 7.91. The lowest BCUT2D eigenvalue weighted by molar-refractivity contribution is -0.127. The maximum absolute atomic E-state index is 11.6. The molecule has 1 rings (SSSR count). The van der Waals surface area contributed by atoms with Crippen molar-refractivity contribution >= 4 is 15.7 Å².